The van der Waals surface area contributed by atoms with Crippen molar-refractivity contribution in [2.24, 2.45) is 0 Å². The highest BCUT2D eigenvalue weighted by molar-refractivity contribution is 5.76. The molecule has 100 valence electrons. The maximum Gasteiger partial charge on any atom is 0.161 e. The molecule has 1 aromatic heterocycles. The fourth-order valence-electron chi connectivity index (χ4n) is 2.13. The smallest absolute Gasteiger partial charge is 0.161 e. The fourth-order valence-corrected chi connectivity index (χ4v) is 2.13. The number of fused-ring (bicyclic) bond motifs is 1. The molecule has 19 heavy (non-hydrogen) atoms. The molecule has 0 saturated heterocycles. The van der Waals surface area contributed by atoms with E-state index in [0.717, 1.165) is 11.9 Å². The number of nitriles is 1. The zero-order chi connectivity index (χ0) is 14.0. The van der Waals surface area contributed by atoms with Crippen LogP contribution in [0.15, 0.2) is 12.1 Å². The summed E-state index contributed by atoms with van der Waals surface area (Å²) in [6, 6.07) is 4.38. The summed E-state index contributed by atoms with van der Waals surface area (Å²) in [4.78, 5) is 4.37. The SMILES string of the molecule is CC(C)c1nc2cc(F)c(F)cc2n1CCCC#N. The summed E-state index contributed by atoms with van der Waals surface area (Å²) in [6.07, 6.45) is 1.10. The molecule has 5 heteroatoms. The molecular weight excluding hydrogens is 248 g/mol. The topological polar surface area (TPSA) is 41.6 Å². The Bertz CT molecular complexity index is 638. The van der Waals surface area contributed by atoms with Crippen LogP contribution in [-0.2, 0) is 6.54 Å². The van der Waals surface area contributed by atoms with Gasteiger partial charge in [-0.3, -0.25) is 0 Å². The maximum atomic E-state index is 13.4. The van der Waals surface area contributed by atoms with E-state index < -0.39 is 11.6 Å². The predicted octanol–water partition coefficient (Wildman–Crippen LogP) is 3.74. The molecule has 0 saturated carbocycles. The molecule has 0 unspecified atom stereocenters. The van der Waals surface area contributed by atoms with Crippen LogP contribution in [0.4, 0.5) is 8.78 Å². The molecule has 0 fully saturated rings. The highest BCUT2D eigenvalue weighted by Crippen LogP contribution is 2.24. The van der Waals surface area contributed by atoms with Gasteiger partial charge >= 0.3 is 0 Å². The van der Waals surface area contributed by atoms with E-state index in [-0.39, 0.29) is 5.92 Å². The minimum Gasteiger partial charge on any atom is -0.328 e. The van der Waals surface area contributed by atoms with Crippen molar-refractivity contribution in [2.75, 3.05) is 0 Å². The Morgan fingerprint density at radius 1 is 1.32 bits per heavy atom. The minimum atomic E-state index is -0.885. The van der Waals surface area contributed by atoms with E-state index in [9.17, 15) is 8.78 Å². The number of unbranched alkanes of at least 4 members (excludes halogenated alkanes) is 1. The third kappa shape index (κ3) is 2.58. The first-order valence-corrected chi connectivity index (χ1v) is 6.26. The quantitative estimate of drug-likeness (QED) is 0.788. The Balaban J connectivity index is 2.53. The van der Waals surface area contributed by atoms with Crippen molar-refractivity contribution in [3.63, 3.8) is 0 Å². The lowest BCUT2D eigenvalue weighted by atomic mass is 10.2. The van der Waals surface area contributed by atoms with Crippen molar-refractivity contribution < 1.29 is 8.78 Å². The number of hydrogen-bond donors (Lipinski definition) is 0. The lowest BCUT2D eigenvalue weighted by Crippen LogP contribution is -2.05. The van der Waals surface area contributed by atoms with Gasteiger partial charge in [0.25, 0.3) is 0 Å². The first-order valence-electron chi connectivity index (χ1n) is 6.26. The molecule has 0 atom stereocenters. The van der Waals surface area contributed by atoms with Gasteiger partial charge in [0, 0.05) is 31.0 Å². The fraction of sp³-hybridized carbons (Fsp3) is 0.429. The average Bonchev–Trinajstić information content (AvgIpc) is 2.69. The Labute approximate surface area is 110 Å². The van der Waals surface area contributed by atoms with Gasteiger partial charge in [-0.15, -0.1) is 0 Å². The summed E-state index contributed by atoms with van der Waals surface area (Å²) in [5, 5.41) is 8.58. The number of nitrogens with zero attached hydrogens (tertiary/aromatic N) is 3. The molecule has 0 aliphatic rings. The molecule has 2 aromatic rings. The third-order valence-electron chi connectivity index (χ3n) is 3.01. The van der Waals surface area contributed by atoms with Crippen LogP contribution in [0.1, 0.15) is 38.4 Å². The number of aryl methyl sites for hydroxylation is 1. The summed E-state index contributed by atoms with van der Waals surface area (Å²) in [5.41, 5.74) is 1.04. The summed E-state index contributed by atoms with van der Waals surface area (Å²) in [6.45, 7) is 4.55. The lowest BCUT2D eigenvalue weighted by Gasteiger charge is -2.10. The van der Waals surface area contributed by atoms with Crippen LogP contribution in [0, 0.1) is 23.0 Å². The van der Waals surface area contributed by atoms with Gasteiger partial charge in [-0.05, 0) is 6.42 Å². The maximum absolute atomic E-state index is 13.4. The minimum absolute atomic E-state index is 0.153. The summed E-state index contributed by atoms with van der Waals surface area (Å²) < 4.78 is 28.5. The Morgan fingerprint density at radius 3 is 2.63 bits per heavy atom. The van der Waals surface area contributed by atoms with Crippen LogP contribution in [0.2, 0.25) is 0 Å². The molecule has 1 heterocycles. The van der Waals surface area contributed by atoms with E-state index >= 15 is 0 Å². The molecule has 3 nitrogen and oxygen atoms in total. The first-order chi connectivity index (χ1) is 9.04. The van der Waals surface area contributed by atoms with Crippen molar-refractivity contribution in [3.8, 4) is 6.07 Å². The number of rotatable bonds is 4. The van der Waals surface area contributed by atoms with Crippen LogP contribution < -0.4 is 0 Å². The Kier molecular flexibility index (Phi) is 3.79. The van der Waals surface area contributed by atoms with Gasteiger partial charge in [-0.1, -0.05) is 13.8 Å². The van der Waals surface area contributed by atoms with Gasteiger partial charge in [-0.25, -0.2) is 13.8 Å². The van der Waals surface area contributed by atoms with Gasteiger partial charge in [0.1, 0.15) is 5.82 Å². The molecule has 1 aromatic carbocycles. The second kappa shape index (κ2) is 5.35. The van der Waals surface area contributed by atoms with E-state index in [4.69, 9.17) is 5.26 Å². The van der Waals surface area contributed by atoms with E-state index in [1.165, 1.54) is 6.07 Å². The van der Waals surface area contributed by atoms with E-state index in [2.05, 4.69) is 11.1 Å². The monoisotopic (exact) mass is 263 g/mol. The molecule has 0 aliphatic carbocycles. The second-order valence-corrected chi connectivity index (χ2v) is 4.79. The van der Waals surface area contributed by atoms with Crippen LogP contribution >= 0.6 is 0 Å². The molecule has 0 radical (unpaired) electrons. The summed E-state index contributed by atoms with van der Waals surface area (Å²) in [5.74, 6) is -0.813. The largest absolute Gasteiger partial charge is 0.328 e. The summed E-state index contributed by atoms with van der Waals surface area (Å²) in [7, 11) is 0. The zero-order valence-electron chi connectivity index (χ0n) is 11.0. The van der Waals surface area contributed by atoms with Crippen molar-refractivity contribution in [1.29, 1.82) is 5.26 Å². The average molecular weight is 263 g/mol. The van der Waals surface area contributed by atoms with Crippen molar-refractivity contribution in [3.05, 3.63) is 29.6 Å². The van der Waals surface area contributed by atoms with E-state index in [0.29, 0.717) is 30.4 Å². The van der Waals surface area contributed by atoms with Crippen LogP contribution in [-0.4, -0.2) is 9.55 Å². The third-order valence-corrected chi connectivity index (χ3v) is 3.01. The highest BCUT2D eigenvalue weighted by atomic mass is 19.2. The number of hydrogen-bond acceptors (Lipinski definition) is 2. The summed E-state index contributed by atoms with van der Waals surface area (Å²) >= 11 is 0. The Hall–Kier alpha value is -1.96. The number of halogens is 2. The van der Waals surface area contributed by atoms with Gasteiger partial charge in [0.2, 0.25) is 0 Å². The molecule has 2 rings (SSSR count). The van der Waals surface area contributed by atoms with Gasteiger partial charge in [0.05, 0.1) is 17.1 Å². The molecule has 0 N–H and O–H groups in total. The molecular formula is C14H15F2N3. The number of benzene rings is 1. The van der Waals surface area contributed by atoms with Gasteiger partial charge in [-0.2, -0.15) is 5.26 Å². The standard InChI is InChI=1S/C14H15F2N3/c1-9(2)14-18-12-7-10(15)11(16)8-13(12)19(14)6-4-3-5-17/h7-9H,3-4,6H2,1-2H3. The Morgan fingerprint density at radius 2 is 2.00 bits per heavy atom. The highest BCUT2D eigenvalue weighted by Gasteiger charge is 2.16. The predicted molar refractivity (Wildman–Crippen MR) is 68.6 cm³/mol. The lowest BCUT2D eigenvalue weighted by molar-refractivity contribution is 0.510. The van der Waals surface area contributed by atoms with Crippen molar-refractivity contribution in [2.45, 2.75) is 39.2 Å². The van der Waals surface area contributed by atoms with Gasteiger partial charge in [0.15, 0.2) is 11.6 Å². The normalized spacial score (nSPS) is 11.2. The van der Waals surface area contributed by atoms with E-state index in [1.54, 1.807) is 0 Å². The number of imidazole rings is 1. The van der Waals surface area contributed by atoms with Crippen LogP contribution in [0.3, 0.4) is 0 Å². The molecule has 0 amide bonds. The van der Waals surface area contributed by atoms with Crippen molar-refractivity contribution in [1.82, 2.24) is 9.55 Å². The molecule has 0 aliphatic heterocycles. The van der Waals surface area contributed by atoms with Crippen LogP contribution in [0.5, 0.6) is 0 Å². The second-order valence-electron chi connectivity index (χ2n) is 4.79. The zero-order valence-corrected chi connectivity index (χ0v) is 11.0. The number of aromatic nitrogens is 2. The molecule has 0 spiro atoms. The first kappa shape index (κ1) is 13.5. The van der Waals surface area contributed by atoms with Gasteiger partial charge < -0.3 is 4.57 Å². The van der Waals surface area contributed by atoms with E-state index in [1.807, 2.05) is 18.4 Å². The molecule has 0 bridgehead atoms. The van der Waals surface area contributed by atoms with Crippen LogP contribution in [0.25, 0.3) is 11.0 Å². The van der Waals surface area contributed by atoms with Crippen molar-refractivity contribution >= 4 is 11.0 Å².